The van der Waals surface area contributed by atoms with Crippen molar-refractivity contribution in [2.24, 2.45) is 5.92 Å². The Morgan fingerprint density at radius 1 is 1.00 bits per heavy atom. The number of hydrogen-bond acceptors (Lipinski definition) is 6. The molecule has 1 amide bonds. The summed E-state index contributed by atoms with van der Waals surface area (Å²) in [6.07, 6.45) is 12.8. The summed E-state index contributed by atoms with van der Waals surface area (Å²) in [6.45, 7) is 4.72. The van der Waals surface area contributed by atoms with Crippen LogP contribution < -0.4 is 4.90 Å². The Morgan fingerprint density at radius 2 is 1.82 bits per heavy atom. The highest BCUT2D eigenvalue weighted by Crippen LogP contribution is 2.33. The number of rotatable bonds is 6. The number of likely N-dealkylation sites (tertiary alicyclic amines) is 1. The molecule has 3 aromatic heterocycles. The van der Waals surface area contributed by atoms with Crippen molar-refractivity contribution in [2.75, 3.05) is 24.5 Å². The quantitative estimate of drug-likeness (QED) is 0.577. The van der Waals surface area contributed by atoms with E-state index in [0.717, 1.165) is 75.0 Å². The molecule has 0 N–H and O–H groups in total. The maximum Gasteiger partial charge on any atom is 0.225 e. The number of nitrogens with zero attached hydrogens (tertiary/aromatic N) is 7. The molecule has 1 unspecified atom stereocenters. The third-order valence-corrected chi connectivity index (χ3v) is 6.86. The normalized spacial score (nSPS) is 19.2. The van der Waals surface area contributed by atoms with Crippen molar-refractivity contribution in [1.29, 1.82) is 0 Å². The first-order valence-corrected chi connectivity index (χ1v) is 12.0. The van der Waals surface area contributed by atoms with E-state index in [2.05, 4.69) is 37.7 Å². The summed E-state index contributed by atoms with van der Waals surface area (Å²) in [5.74, 6) is 3.33. The van der Waals surface area contributed by atoms with E-state index in [1.54, 1.807) is 12.4 Å². The fourth-order valence-corrected chi connectivity index (χ4v) is 5.09. The minimum atomic E-state index is 0.0591. The molecule has 172 valence electrons. The number of anilines is 1. The van der Waals surface area contributed by atoms with Gasteiger partial charge in [0, 0.05) is 57.3 Å². The van der Waals surface area contributed by atoms with E-state index < -0.39 is 0 Å². The number of amides is 1. The largest absolute Gasteiger partial charge is 0.341 e. The minimum Gasteiger partial charge on any atom is -0.341 e. The summed E-state index contributed by atoms with van der Waals surface area (Å²) in [4.78, 5) is 35.7. The van der Waals surface area contributed by atoms with Gasteiger partial charge in [0.1, 0.15) is 11.6 Å². The Labute approximate surface area is 194 Å². The molecular formula is C25H31N7O. The van der Waals surface area contributed by atoms with Crippen LogP contribution in [0.2, 0.25) is 0 Å². The molecule has 8 heteroatoms. The van der Waals surface area contributed by atoms with Gasteiger partial charge in [-0.1, -0.05) is 13.0 Å². The molecule has 5 rings (SSSR count). The van der Waals surface area contributed by atoms with E-state index >= 15 is 0 Å². The highest BCUT2D eigenvalue weighted by atomic mass is 16.2. The Bertz CT molecular complexity index is 1080. The zero-order chi connectivity index (χ0) is 22.6. The Balaban J connectivity index is 1.23. The van der Waals surface area contributed by atoms with E-state index in [1.807, 2.05) is 35.2 Å². The van der Waals surface area contributed by atoms with E-state index in [1.165, 1.54) is 0 Å². The molecule has 8 nitrogen and oxygen atoms in total. The van der Waals surface area contributed by atoms with Gasteiger partial charge in [-0.3, -0.25) is 9.36 Å². The summed E-state index contributed by atoms with van der Waals surface area (Å²) in [6, 6.07) is 8.00. The second-order valence-corrected chi connectivity index (χ2v) is 8.92. The molecule has 2 saturated heterocycles. The summed E-state index contributed by atoms with van der Waals surface area (Å²) in [5.41, 5.74) is 0.977. The van der Waals surface area contributed by atoms with Gasteiger partial charge in [0.15, 0.2) is 0 Å². The average Bonchev–Trinajstić information content (AvgIpc) is 3.55. The summed E-state index contributed by atoms with van der Waals surface area (Å²) in [5, 5.41) is 0. The molecule has 0 bridgehead atoms. The van der Waals surface area contributed by atoms with Crippen LogP contribution in [-0.4, -0.2) is 54.9 Å². The topological polar surface area (TPSA) is 80.0 Å². The van der Waals surface area contributed by atoms with Gasteiger partial charge < -0.3 is 9.80 Å². The monoisotopic (exact) mass is 445 g/mol. The van der Waals surface area contributed by atoms with Crippen molar-refractivity contribution in [2.45, 2.75) is 51.5 Å². The molecule has 0 spiro atoms. The van der Waals surface area contributed by atoms with Crippen molar-refractivity contribution in [3.05, 3.63) is 60.6 Å². The second kappa shape index (κ2) is 9.68. The minimum absolute atomic E-state index is 0.0591. The van der Waals surface area contributed by atoms with Crippen molar-refractivity contribution >= 4 is 11.9 Å². The van der Waals surface area contributed by atoms with Gasteiger partial charge in [0.25, 0.3) is 0 Å². The maximum atomic E-state index is 13.3. The van der Waals surface area contributed by atoms with Gasteiger partial charge in [0.05, 0.1) is 11.7 Å². The van der Waals surface area contributed by atoms with E-state index in [4.69, 9.17) is 4.98 Å². The van der Waals surface area contributed by atoms with Crippen LogP contribution in [0.15, 0.2) is 49.1 Å². The zero-order valence-electron chi connectivity index (χ0n) is 19.2. The molecule has 2 aliphatic rings. The molecule has 5 heterocycles. The van der Waals surface area contributed by atoms with Gasteiger partial charge in [-0.05, 0) is 49.8 Å². The maximum absolute atomic E-state index is 13.3. The van der Waals surface area contributed by atoms with Crippen molar-refractivity contribution in [3.8, 4) is 5.82 Å². The van der Waals surface area contributed by atoms with Crippen LogP contribution in [0.3, 0.4) is 0 Å². The lowest BCUT2D eigenvalue weighted by Gasteiger charge is -2.33. The molecule has 0 saturated carbocycles. The number of carbonyl (C=O) groups excluding carboxylic acids is 1. The van der Waals surface area contributed by atoms with Gasteiger partial charge in [-0.15, -0.1) is 0 Å². The van der Waals surface area contributed by atoms with Crippen LogP contribution in [0.25, 0.3) is 5.82 Å². The van der Waals surface area contributed by atoms with Crippen molar-refractivity contribution in [3.63, 3.8) is 0 Å². The fraction of sp³-hybridized carbons (Fsp3) is 0.480. The number of hydrogen-bond donors (Lipinski definition) is 0. The van der Waals surface area contributed by atoms with Gasteiger partial charge >= 0.3 is 0 Å². The second-order valence-electron chi connectivity index (χ2n) is 8.92. The standard InChI is InChI=1S/C25H31N7O/c1-2-22-26-13-17-32(22)23-8-3-6-20(29-23)21-7-4-14-31(21)24(33)18-19-9-15-30(16-10-19)25-27-11-5-12-28-25/h3,5-6,8,11-13,17,19,21H,2,4,7,9-10,14-16,18H2,1H3. The summed E-state index contributed by atoms with van der Waals surface area (Å²) < 4.78 is 2.04. The smallest absolute Gasteiger partial charge is 0.225 e. The number of aryl methyl sites for hydroxylation is 1. The number of pyridine rings is 1. The first kappa shape index (κ1) is 21.6. The Morgan fingerprint density at radius 3 is 2.61 bits per heavy atom. The number of piperidine rings is 1. The van der Waals surface area contributed by atoms with E-state index in [-0.39, 0.29) is 11.9 Å². The highest BCUT2D eigenvalue weighted by Gasteiger charge is 2.33. The summed E-state index contributed by atoms with van der Waals surface area (Å²) >= 11 is 0. The number of imidazole rings is 1. The van der Waals surface area contributed by atoms with Crippen LogP contribution in [0, 0.1) is 5.92 Å². The van der Waals surface area contributed by atoms with Crippen LogP contribution in [-0.2, 0) is 11.2 Å². The highest BCUT2D eigenvalue weighted by molar-refractivity contribution is 5.77. The third-order valence-electron chi connectivity index (χ3n) is 6.86. The molecule has 0 aliphatic carbocycles. The average molecular weight is 446 g/mol. The lowest BCUT2D eigenvalue weighted by Crippen LogP contribution is -2.38. The predicted octanol–water partition coefficient (Wildman–Crippen LogP) is 3.59. The fourth-order valence-electron chi connectivity index (χ4n) is 5.09. The van der Waals surface area contributed by atoms with Gasteiger partial charge in [0.2, 0.25) is 11.9 Å². The van der Waals surface area contributed by atoms with E-state index in [9.17, 15) is 4.79 Å². The Hall–Kier alpha value is -3.29. The molecule has 2 aliphatic heterocycles. The molecule has 33 heavy (non-hydrogen) atoms. The molecule has 2 fully saturated rings. The Kier molecular flexibility index (Phi) is 6.32. The van der Waals surface area contributed by atoms with Crippen molar-refractivity contribution < 1.29 is 4.79 Å². The zero-order valence-corrected chi connectivity index (χ0v) is 19.2. The molecule has 1 atom stereocenters. The van der Waals surface area contributed by atoms with Gasteiger partial charge in [-0.25, -0.2) is 19.9 Å². The van der Waals surface area contributed by atoms with Crippen LogP contribution in [0.1, 0.15) is 56.6 Å². The van der Waals surface area contributed by atoms with Crippen LogP contribution in [0.4, 0.5) is 5.95 Å². The lowest BCUT2D eigenvalue weighted by molar-refractivity contribution is -0.133. The first-order chi connectivity index (χ1) is 16.2. The molecule has 0 aromatic carbocycles. The molecule has 0 radical (unpaired) electrons. The van der Waals surface area contributed by atoms with Crippen LogP contribution in [0.5, 0.6) is 0 Å². The molecule has 3 aromatic rings. The molecular weight excluding hydrogens is 414 g/mol. The lowest BCUT2D eigenvalue weighted by atomic mass is 9.93. The SMILES string of the molecule is CCc1nccn1-c1cccc(C2CCCN2C(=O)CC2CCN(c3ncccn3)CC2)n1. The number of carbonyl (C=O) groups is 1. The number of aromatic nitrogens is 5. The van der Waals surface area contributed by atoms with E-state index in [0.29, 0.717) is 12.3 Å². The third kappa shape index (κ3) is 4.60. The van der Waals surface area contributed by atoms with Crippen molar-refractivity contribution in [1.82, 2.24) is 29.4 Å². The predicted molar refractivity (Wildman–Crippen MR) is 126 cm³/mol. The summed E-state index contributed by atoms with van der Waals surface area (Å²) in [7, 11) is 0. The first-order valence-electron chi connectivity index (χ1n) is 12.0. The van der Waals surface area contributed by atoms with Crippen LogP contribution >= 0.6 is 0 Å². The van der Waals surface area contributed by atoms with Gasteiger partial charge in [-0.2, -0.15) is 0 Å².